The van der Waals surface area contributed by atoms with Crippen molar-refractivity contribution in [2.45, 2.75) is 30.3 Å². The number of rotatable bonds is 10. The van der Waals surface area contributed by atoms with Crippen LogP contribution >= 0.6 is 46.3 Å². The van der Waals surface area contributed by atoms with Crippen molar-refractivity contribution in [2.75, 3.05) is 38.5 Å². The summed E-state index contributed by atoms with van der Waals surface area (Å²) in [7, 11) is 0. The van der Waals surface area contributed by atoms with Gasteiger partial charge in [-0.2, -0.15) is 0 Å². The van der Waals surface area contributed by atoms with Crippen LogP contribution in [0.4, 0.5) is 0 Å². The Morgan fingerprint density at radius 3 is 2.91 bits per heavy atom. The third kappa shape index (κ3) is 8.20. The van der Waals surface area contributed by atoms with E-state index in [1.807, 2.05) is 24.4 Å². The van der Waals surface area contributed by atoms with Crippen molar-refractivity contribution < 1.29 is 14.3 Å². The highest BCUT2D eigenvalue weighted by molar-refractivity contribution is 8.01. The molecule has 3 rings (SSSR count). The Morgan fingerprint density at radius 2 is 2.12 bits per heavy atom. The number of morpholine rings is 1. The van der Waals surface area contributed by atoms with Gasteiger partial charge in [0.1, 0.15) is 0 Å². The lowest BCUT2D eigenvalue weighted by atomic mass is 10.2. The molecule has 0 aliphatic carbocycles. The van der Waals surface area contributed by atoms with Gasteiger partial charge in [-0.15, -0.1) is 11.3 Å². The van der Waals surface area contributed by atoms with E-state index in [0.717, 1.165) is 35.2 Å². The summed E-state index contributed by atoms with van der Waals surface area (Å²) in [4.78, 5) is 30.6. The number of nitrogens with one attached hydrogen (secondary N) is 2. The number of hydrogen-bond donors (Lipinski definition) is 2. The van der Waals surface area contributed by atoms with E-state index in [2.05, 4.69) is 20.5 Å². The molecule has 0 unspecified atom stereocenters. The van der Waals surface area contributed by atoms with Crippen molar-refractivity contribution in [3.8, 4) is 0 Å². The first-order valence-electron chi connectivity index (χ1n) is 10.3. The van der Waals surface area contributed by atoms with E-state index in [1.54, 1.807) is 6.07 Å². The molecule has 1 aliphatic heterocycles. The largest absolute Gasteiger partial charge is 0.374 e. The van der Waals surface area contributed by atoms with Crippen LogP contribution in [0, 0.1) is 0 Å². The molecule has 32 heavy (non-hydrogen) atoms. The molecule has 1 saturated heterocycles. The van der Waals surface area contributed by atoms with Crippen LogP contribution in [0.3, 0.4) is 0 Å². The predicted octanol–water partition coefficient (Wildman–Crippen LogP) is 3.24. The van der Waals surface area contributed by atoms with Crippen LogP contribution in [0.25, 0.3) is 0 Å². The topological polar surface area (TPSA) is 83.6 Å². The Kier molecular flexibility index (Phi) is 10.1. The minimum atomic E-state index is -0.0688. The molecule has 2 N–H and O–H groups in total. The van der Waals surface area contributed by atoms with Gasteiger partial charge in [-0.3, -0.25) is 14.5 Å². The van der Waals surface area contributed by atoms with Gasteiger partial charge in [0, 0.05) is 38.1 Å². The van der Waals surface area contributed by atoms with Gasteiger partial charge < -0.3 is 15.4 Å². The Bertz CT molecular complexity index is 928. The highest BCUT2D eigenvalue weighted by atomic mass is 35.5. The summed E-state index contributed by atoms with van der Waals surface area (Å²) in [6.07, 6.45) is 0.193. The average molecular weight is 518 g/mol. The van der Waals surface area contributed by atoms with Crippen molar-refractivity contribution in [3.63, 3.8) is 0 Å². The van der Waals surface area contributed by atoms with E-state index in [1.165, 1.54) is 23.1 Å². The molecule has 0 bridgehead atoms. The van der Waals surface area contributed by atoms with Crippen molar-refractivity contribution in [1.29, 1.82) is 0 Å². The van der Waals surface area contributed by atoms with Crippen LogP contribution in [0.5, 0.6) is 0 Å². The number of hydrogen-bond acceptors (Lipinski definition) is 7. The Labute approximate surface area is 206 Å². The van der Waals surface area contributed by atoms with Crippen molar-refractivity contribution in [3.05, 3.63) is 44.9 Å². The molecule has 1 atom stereocenters. The molecule has 174 valence electrons. The number of likely N-dealkylation sites (N-methyl/N-ethyl adjacent to an activating group) is 1. The summed E-state index contributed by atoms with van der Waals surface area (Å²) < 4.78 is 6.58. The van der Waals surface area contributed by atoms with Gasteiger partial charge in [0.05, 0.1) is 40.6 Å². The molecule has 1 aromatic carbocycles. The fourth-order valence-corrected chi connectivity index (χ4v) is 5.21. The predicted molar refractivity (Wildman–Crippen MR) is 130 cm³/mol. The molecular formula is C21H26Cl2N4O3S2. The van der Waals surface area contributed by atoms with Gasteiger partial charge in [-0.1, -0.05) is 41.0 Å². The molecule has 0 radical (unpaired) electrons. The molecular weight excluding hydrogens is 491 g/mol. The first kappa shape index (κ1) is 25.3. The lowest BCUT2D eigenvalue weighted by molar-refractivity contribution is -0.121. The Hall–Kier alpha value is -1.36. The Balaban J connectivity index is 1.37. The second kappa shape index (κ2) is 12.8. The summed E-state index contributed by atoms with van der Waals surface area (Å²) in [5.74, 6) is 0.154. The lowest BCUT2D eigenvalue weighted by Gasteiger charge is -2.33. The number of nitrogens with zero attached hydrogens (tertiary/aromatic N) is 2. The number of carbonyl (C=O) groups is 2. The smallest absolute Gasteiger partial charge is 0.230 e. The zero-order valence-electron chi connectivity index (χ0n) is 17.7. The van der Waals surface area contributed by atoms with E-state index in [0.29, 0.717) is 29.7 Å². The zero-order chi connectivity index (χ0) is 22.9. The van der Waals surface area contributed by atoms with Crippen LogP contribution in [0.1, 0.15) is 18.2 Å². The molecule has 2 aromatic rings. The summed E-state index contributed by atoms with van der Waals surface area (Å²) in [5.41, 5.74) is 1.82. The number of benzene rings is 1. The van der Waals surface area contributed by atoms with Crippen LogP contribution < -0.4 is 10.6 Å². The molecule has 1 aliphatic rings. The quantitative estimate of drug-likeness (QED) is 0.471. The maximum atomic E-state index is 12.3. The van der Waals surface area contributed by atoms with Crippen LogP contribution in [0.2, 0.25) is 10.0 Å². The van der Waals surface area contributed by atoms with Crippen molar-refractivity contribution in [1.82, 2.24) is 20.5 Å². The highest BCUT2D eigenvalue weighted by Gasteiger charge is 2.21. The summed E-state index contributed by atoms with van der Waals surface area (Å²) in [5, 5.41) is 8.65. The highest BCUT2D eigenvalue weighted by Crippen LogP contribution is 2.24. The lowest BCUT2D eigenvalue weighted by Crippen LogP contribution is -2.47. The number of halogens is 2. The van der Waals surface area contributed by atoms with E-state index in [9.17, 15) is 9.59 Å². The maximum Gasteiger partial charge on any atom is 0.230 e. The van der Waals surface area contributed by atoms with Crippen LogP contribution in [-0.2, 0) is 27.3 Å². The first-order valence-corrected chi connectivity index (χ1v) is 12.9. The van der Waals surface area contributed by atoms with E-state index in [4.69, 9.17) is 27.9 Å². The minimum Gasteiger partial charge on any atom is -0.374 e. The number of thiazole rings is 1. The maximum absolute atomic E-state index is 12.3. The number of amides is 2. The van der Waals surface area contributed by atoms with Crippen LogP contribution in [0.15, 0.2) is 27.9 Å². The molecule has 7 nitrogen and oxygen atoms in total. The zero-order valence-corrected chi connectivity index (χ0v) is 20.9. The Morgan fingerprint density at radius 1 is 1.28 bits per heavy atom. The third-order valence-electron chi connectivity index (χ3n) is 4.71. The molecule has 2 amide bonds. The van der Waals surface area contributed by atoms with Gasteiger partial charge in [-0.25, -0.2) is 4.98 Å². The molecule has 1 fully saturated rings. The molecule has 1 aromatic heterocycles. The standard InChI is InChI=1S/C21H26Cl2N4O3S2/c1-2-24-19(28)8-15-12-31-21(26-15)32-13-20(29)25-9-16-11-27(5-6-30-16)10-14-3-4-17(22)18(23)7-14/h3-4,7,12,16H,2,5-6,8-11,13H2,1H3,(H,24,28)(H,25,29)/t16-/m0/s1. The van der Waals surface area contributed by atoms with Crippen molar-refractivity contribution >= 4 is 58.1 Å². The first-order chi connectivity index (χ1) is 15.4. The summed E-state index contributed by atoms with van der Waals surface area (Å²) in [6.45, 7) is 5.85. The average Bonchev–Trinajstić information content (AvgIpc) is 3.21. The number of carbonyl (C=O) groups excluding carboxylic acids is 2. The van der Waals surface area contributed by atoms with Gasteiger partial charge in [0.25, 0.3) is 0 Å². The summed E-state index contributed by atoms with van der Waals surface area (Å²) in [6, 6.07) is 5.66. The molecule has 2 heterocycles. The second-order valence-corrected chi connectivity index (χ2v) is 10.2. The molecule has 0 saturated carbocycles. The van der Waals surface area contributed by atoms with Gasteiger partial charge >= 0.3 is 0 Å². The SMILES string of the molecule is CCNC(=O)Cc1csc(SCC(=O)NC[C@H]2CN(Cc3ccc(Cl)c(Cl)c3)CCO2)n1. The second-order valence-electron chi connectivity index (χ2n) is 7.30. The van der Waals surface area contributed by atoms with E-state index >= 15 is 0 Å². The summed E-state index contributed by atoms with van der Waals surface area (Å²) >= 11 is 14.9. The van der Waals surface area contributed by atoms with Gasteiger partial charge in [-0.05, 0) is 24.6 Å². The minimum absolute atomic E-state index is 0.0484. The fraction of sp³-hybridized carbons (Fsp3) is 0.476. The number of aromatic nitrogens is 1. The van der Waals surface area contributed by atoms with Gasteiger partial charge in [0.15, 0.2) is 4.34 Å². The molecule has 0 spiro atoms. The monoisotopic (exact) mass is 516 g/mol. The van der Waals surface area contributed by atoms with Crippen molar-refractivity contribution in [2.24, 2.45) is 0 Å². The fourth-order valence-electron chi connectivity index (χ4n) is 3.21. The number of thioether (sulfide) groups is 1. The third-order valence-corrected chi connectivity index (χ3v) is 7.52. The van der Waals surface area contributed by atoms with Gasteiger partial charge in [0.2, 0.25) is 11.8 Å². The normalized spacial score (nSPS) is 16.7. The number of ether oxygens (including phenoxy) is 1. The van der Waals surface area contributed by atoms with E-state index in [-0.39, 0.29) is 30.1 Å². The van der Waals surface area contributed by atoms with Crippen LogP contribution in [-0.4, -0.2) is 66.3 Å². The molecule has 11 heteroatoms. The van der Waals surface area contributed by atoms with E-state index < -0.39 is 0 Å².